The van der Waals surface area contributed by atoms with Gasteiger partial charge in [0.1, 0.15) is 11.4 Å². The van der Waals surface area contributed by atoms with Gasteiger partial charge in [0, 0.05) is 42.9 Å². The number of piperidine rings is 1. The molecule has 4 heteroatoms. The van der Waals surface area contributed by atoms with Crippen LogP contribution in [-0.4, -0.2) is 23.9 Å². The van der Waals surface area contributed by atoms with E-state index in [2.05, 4.69) is 10.3 Å². The number of nitrogens with one attached hydrogen (secondary N) is 1. The van der Waals surface area contributed by atoms with Crippen molar-refractivity contribution in [1.29, 1.82) is 0 Å². The van der Waals surface area contributed by atoms with E-state index in [-0.39, 0.29) is 11.7 Å². The maximum Gasteiger partial charge on any atom is 0.143 e. The summed E-state index contributed by atoms with van der Waals surface area (Å²) < 4.78 is 5.43. The van der Waals surface area contributed by atoms with Gasteiger partial charge >= 0.3 is 0 Å². The molecule has 82 valence electrons. The molecule has 1 aliphatic rings. The second-order valence-electron chi connectivity index (χ2n) is 4.04. The monoisotopic (exact) mass is 216 g/mol. The summed E-state index contributed by atoms with van der Waals surface area (Å²) in [5.41, 5.74) is 1.69. The number of hydrogen-bond acceptors (Lipinski definition) is 4. The molecule has 4 nitrogen and oxygen atoms in total. The van der Waals surface area contributed by atoms with E-state index in [1.165, 1.54) is 0 Å². The van der Waals surface area contributed by atoms with Crippen molar-refractivity contribution in [3.8, 4) is 0 Å². The Labute approximate surface area is 92.7 Å². The largest absolute Gasteiger partial charge is 0.464 e. The van der Waals surface area contributed by atoms with Crippen molar-refractivity contribution < 1.29 is 9.21 Å². The van der Waals surface area contributed by atoms with E-state index in [4.69, 9.17) is 4.42 Å². The molecule has 0 radical (unpaired) electrons. The number of pyridine rings is 1. The van der Waals surface area contributed by atoms with Crippen molar-refractivity contribution in [3.05, 3.63) is 30.3 Å². The minimum Gasteiger partial charge on any atom is -0.464 e. The summed E-state index contributed by atoms with van der Waals surface area (Å²) in [5.74, 6) is 0.153. The highest BCUT2D eigenvalue weighted by molar-refractivity contribution is 5.91. The van der Waals surface area contributed by atoms with Crippen LogP contribution >= 0.6 is 0 Å². The number of Topliss-reactive ketones (excluding diaryl/α,β-unsaturated/α-hetero) is 1. The SMILES string of the molecule is O=C1CCNCC1c1cncc2ccoc12. The number of hydrogen-bond donors (Lipinski definition) is 1. The zero-order valence-electron chi connectivity index (χ0n) is 8.77. The lowest BCUT2D eigenvalue weighted by Gasteiger charge is -2.21. The minimum atomic E-state index is -0.115. The molecule has 1 N–H and O–H groups in total. The predicted molar refractivity (Wildman–Crippen MR) is 59.2 cm³/mol. The lowest BCUT2D eigenvalue weighted by Crippen LogP contribution is -2.35. The summed E-state index contributed by atoms with van der Waals surface area (Å²) in [7, 11) is 0. The third-order valence-corrected chi connectivity index (χ3v) is 3.05. The second kappa shape index (κ2) is 3.72. The molecule has 0 aliphatic carbocycles. The first-order valence-corrected chi connectivity index (χ1v) is 5.41. The summed E-state index contributed by atoms with van der Waals surface area (Å²) in [5, 5.41) is 4.18. The van der Waals surface area contributed by atoms with Gasteiger partial charge in [0.2, 0.25) is 0 Å². The van der Waals surface area contributed by atoms with Crippen molar-refractivity contribution in [2.75, 3.05) is 13.1 Å². The number of fused-ring (bicyclic) bond motifs is 1. The van der Waals surface area contributed by atoms with Crippen molar-refractivity contribution in [2.24, 2.45) is 0 Å². The third kappa shape index (κ3) is 1.42. The van der Waals surface area contributed by atoms with Crippen LogP contribution in [0.4, 0.5) is 0 Å². The fraction of sp³-hybridized carbons (Fsp3) is 0.333. The first kappa shape index (κ1) is 9.54. The molecule has 0 saturated carbocycles. The average molecular weight is 216 g/mol. The molecule has 1 aliphatic heterocycles. The van der Waals surface area contributed by atoms with Gasteiger partial charge < -0.3 is 9.73 Å². The maximum atomic E-state index is 11.9. The smallest absolute Gasteiger partial charge is 0.143 e. The molecule has 0 amide bonds. The Bertz CT molecular complexity index is 533. The van der Waals surface area contributed by atoms with Crippen LogP contribution in [-0.2, 0) is 4.79 Å². The van der Waals surface area contributed by atoms with Crippen LogP contribution in [0.3, 0.4) is 0 Å². The highest BCUT2D eigenvalue weighted by atomic mass is 16.3. The fourth-order valence-electron chi connectivity index (χ4n) is 2.19. The summed E-state index contributed by atoms with van der Waals surface area (Å²) >= 11 is 0. The van der Waals surface area contributed by atoms with Gasteiger partial charge in [-0.15, -0.1) is 0 Å². The van der Waals surface area contributed by atoms with E-state index >= 15 is 0 Å². The van der Waals surface area contributed by atoms with E-state index < -0.39 is 0 Å². The number of furan rings is 1. The second-order valence-corrected chi connectivity index (χ2v) is 4.04. The first-order valence-electron chi connectivity index (χ1n) is 5.41. The molecule has 1 fully saturated rings. The highest BCUT2D eigenvalue weighted by Crippen LogP contribution is 2.27. The number of nitrogens with zero attached hydrogens (tertiary/aromatic N) is 1. The Morgan fingerprint density at radius 1 is 1.44 bits per heavy atom. The highest BCUT2D eigenvalue weighted by Gasteiger charge is 2.26. The normalized spacial score (nSPS) is 21.5. The summed E-state index contributed by atoms with van der Waals surface area (Å²) in [6.07, 6.45) is 5.71. The number of rotatable bonds is 1. The summed E-state index contributed by atoms with van der Waals surface area (Å²) in [4.78, 5) is 16.0. The first-order chi connectivity index (χ1) is 7.86. The number of carbonyl (C=O) groups excluding carboxylic acids is 1. The van der Waals surface area contributed by atoms with Crippen LogP contribution < -0.4 is 5.32 Å². The van der Waals surface area contributed by atoms with E-state index in [1.807, 2.05) is 6.07 Å². The van der Waals surface area contributed by atoms with Crippen molar-refractivity contribution in [1.82, 2.24) is 10.3 Å². The standard InChI is InChI=1S/C12H12N2O2/c15-11-1-3-13-6-9(11)10-7-14-5-8-2-4-16-12(8)10/h2,4-5,7,9,13H,1,3,6H2. The van der Waals surface area contributed by atoms with Crippen LogP contribution in [0.15, 0.2) is 29.1 Å². The molecule has 0 spiro atoms. The van der Waals surface area contributed by atoms with Crippen molar-refractivity contribution in [2.45, 2.75) is 12.3 Å². The van der Waals surface area contributed by atoms with Crippen molar-refractivity contribution >= 4 is 16.8 Å². The molecule has 2 aromatic rings. The lowest BCUT2D eigenvalue weighted by atomic mass is 9.91. The Hall–Kier alpha value is -1.68. The van der Waals surface area contributed by atoms with Gasteiger partial charge in [-0.25, -0.2) is 0 Å². The molecule has 1 saturated heterocycles. The van der Waals surface area contributed by atoms with Crippen LogP contribution in [0.25, 0.3) is 11.0 Å². The zero-order chi connectivity index (χ0) is 11.0. The lowest BCUT2D eigenvalue weighted by molar-refractivity contribution is -0.121. The average Bonchev–Trinajstić information content (AvgIpc) is 2.77. The van der Waals surface area contributed by atoms with Gasteiger partial charge in [-0.05, 0) is 6.07 Å². The summed E-state index contributed by atoms with van der Waals surface area (Å²) in [6, 6.07) is 1.87. The third-order valence-electron chi connectivity index (χ3n) is 3.05. The molecule has 1 unspecified atom stereocenters. The quantitative estimate of drug-likeness (QED) is 0.784. The van der Waals surface area contributed by atoms with Crippen LogP contribution in [0.1, 0.15) is 17.9 Å². The molecule has 2 aromatic heterocycles. The number of aromatic nitrogens is 1. The number of carbonyl (C=O) groups is 1. The Balaban J connectivity index is 2.10. The predicted octanol–water partition coefficient (Wildman–Crippen LogP) is 1.47. The van der Waals surface area contributed by atoms with Gasteiger partial charge in [-0.2, -0.15) is 0 Å². The van der Waals surface area contributed by atoms with E-state index in [9.17, 15) is 4.79 Å². The van der Waals surface area contributed by atoms with Crippen LogP contribution in [0, 0.1) is 0 Å². The molecule has 3 rings (SSSR count). The molecule has 0 bridgehead atoms. The molecule has 16 heavy (non-hydrogen) atoms. The topological polar surface area (TPSA) is 55.1 Å². The van der Waals surface area contributed by atoms with Gasteiger partial charge in [0.25, 0.3) is 0 Å². The Morgan fingerprint density at radius 3 is 3.25 bits per heavy atom. The summed E-state index contributed by atoms with van der Waals surface area (Å²) in [6.45, 7) is 1.46. The Morgan fingerprint density at radius 2 is 2.38 bits per heavy atom. The minimum absolute atomic E-state index is 0.115. The zero-order valence-corrected chi connectivity index (χ0v) is 8.77. The van der Waals surface area contributed by atoms with Gasteiger partial charge in [-0.1, -0.05) is 0 Å². The van der Waals surface area contributed by atoms with Gasteiger partial charge in [0.15, 0.2) is 0 Å². The van der Waals surface area contributed by atoms with Gasteiger partial charge in [0.05, 0.1) is 12.2 Å². The molecule has 0 aromatic carbocycles. The van der Waals surface area contributed by atoms with E-state index in [0.717, 1.165) is 23.1 Å². The Kier molecular flexibility index (Phi) is 2.22. The fourth-order valence-corrected chi connectivity index (χ4v) is 2.19. The molecule has 1 atom stereocenters. The van der Waals surface area contributed by atoms with E-state index in [0.29, 0.717) is 13.0 Å². The molecular weight excluding hydrogens is 204 g/mol. The molecule has 3 heterocycles. The van der Waals surface area contributed by atoms with Crippen LogP contribution in [0.2, 0.25) is 0 Å². The van der Waals surface area contributed by atoms with Crippen LogP contribution in [0.5, 0.6) is 0 Å². The van der Waals surface area contributed by atoms with Gasteiger partial charge in [-0.3, -0.25) is 9.78 Å². The van der Waals surface area contributed by atoms with Crippen molar-refractivity contribution in [3.63, 3.8) is 0 Å². The molecular formula is C12H12N2O2. The number of ketones is 1. The maximum absolute atomic E-state index is 11.9. The van der Waals surface area contributed by atoms with E-state index in [1.54, 1.807) is 18.7 Å².